The van der Waals surface area contributed by atoms with Crippen LogP contribution in [0.15, 0.2) is 60.9 Å². The van der Waals surface area contributed by atoms with Gasteiger partial charge in [-0.2, -0.15) is 0 Å². The van der Waals surface area contributed by atoms with E-state index in [4.69, 9.17) is 4.74 Å². The van der Waals surface area contributed by atoms with Gasteiger partial charge in [-0.05, 0) is 23.1 Å². The van der Waals surface area contributed by atoms with Crippen molar-refractivity contribution in [3.63, 3.8) is 0 Å². The lowest BCUT2D eigenvalue weighted by molar-refractivity contribution is 0.101. The quantitative estimate of drug-likeness (QED) is 0.572. The lowest BCUT2D eigenvalue weighted by Gasteiger charge is -2.08. The van der Waals surface area contributed by atoms with Crippen molar-refractivity contribution in [1.82, 2.24) is 20.4 Å². The molecule has 0 aliphatic heterocycles. The number of H-pyrrole nitrogens is 1. The second-order valence-electron chi connectivity index (χ2n) is 5.58. The summed E-state index contributed by atoms with van der Waals surface area (Å²) in [6, 6.07) is 15.7. The minimum absolute atomic E-state index is 0.173. The van der Waals surface area contributed by atoms with Crippen LogP contribution in [0, 0.1) is 0 Å². The lowest BCUT2D eigenvalue weighted by Crippen LogP contribution is -1.96. The van der Waals surface area contributed by atoms with Crippen LogP contribution in [-0.4, -0.2) is 26.2 Å². The van der Waals surface area contributed by atoms with E-state index in [0.29, 0.717) is 5.75 Å². The first-order chi connectivity index (χ1) is 12.2. The minimum Gasteiger partial charge on any atom is -0.436 e. The first kappa shape index (κ1) is 15.0. The summed E-state index contributed by atoms with van der Waals surface area (Å²) in [5.74, 6) is 0.568. The maximum Gasteiger partial charge on any atom is 0.269 e. The van der Waals surface area contributed by atoms with Crippen molar-refractivity contribution in [1.29, 1.82) is 0 Å². The van der Waals surface area contributed by atoms with Gasteiger partial charge in [-0.15, -0.1) is 0 Å². The highest BCUT2D eigenvalue weighted by Gasteiger charge is 2.14. The topological polar surface area (TPSA) is 80.8 Å². The maximum atomic E-state index is 11.5. The number of fused-ring (bicyclic) bond motifs is 1. The van der Waals surface area contributed by atoms with Crippen LogP contribution in [0.4, 0.5) is 0 Å². The van der Waals surface area contributed by atoms with E-state index in [1.54, 1.807) is 0 Å². The number of nitrogens with one attached hydrogen (secondary N) is 1. The molecule has 0 atom stereocenters. The van der Waals surface area contributed by atoms with Crippen LogP contribution < -0.4 is 4.74 Å². The third kappa shape index (κ3) is 2.85. The molecule has 6 nitrogen and oxygen atoms in total. The van der Waals surface area contributed by atoms with Crippen molar-refractivity contribution in [2.75, 3.05) is 0 Å². The molecule has 2 heterocycles. The van der Waals surface area contributed by atoms with Gasteiger partial charge in [-0.3, -0.25) is 14.9 Å². The second kappa shape index (κ2) is 6.16. The number of carbonyl (C=O) groups excluding carboxylic acids is 1. The molecule has 0 fully saturated rings. The predicted octanol–water partition coefficient (Wildman–Crippen LogP) is 4.01. The summed E-state index contributed by atoms with van der Waals surface area (Å²) >= 11 is 0. The number of nitrogens with zero attached hydrogens (tertiary/aromatic N) is 3. The molecule has 0 radical (unpaired) electrons. The highest BCUT2D eigenvalue weighted by atomic mass is 16.5. The van der Waals surface area contributed by atoms with E-state index in [9.17, 15) is 4.79 Å². The van der Waals surface area contributed by atoms with Crippen molar-refractivity contribution in [3.8, 4) is 22.8 Å². The van der Waals surface area contributed by atoms with Gasteiger partial charge in [-0.25, -0.2) is 0 Å². The summed E-state index contributed by atoms with van der Waals surface area (Å²) < 4.78 is 5.65. The fourth-order valence-corrected chi connectivity index (χ4v) is 2.68. The summed E-state index contributed by atoms with van der Waals surface area (Å²) in [4.78, 5) is 15.8. The number of aromatic nitrogens is 4. The standard InChI is InChI=1S/C19H14N4O2/c1-12(24)18-19(22-23-21-18)25-15-8-6-13(7-9-15)17-11-20-10-14-4-2-3-5-16(14)17/h2-11H,1H3,(H,21,22,23). The zero-order valence-electron chi connectivity index (χ0n) is 13.4. The first-order valence-electron chi connectivity index (χ1n) is 7.75. The molecular formula is C19H14N4O2. The van der Waals surface area contributed by atoms with E-state index in [2.05, 4.69) is 26.5 Å². The molecular weight excluding hydrogens is 316 g/mol. The predicted molar refractivity (Wildman–Crippen MR) is 93.6 cm³/mol. The van der Waals surface area contributed by atoms with Crippen LogP contribution in [-0.2, 0) is 0 Å². The molecule has 122 valence electrons. The molecule has 0 bridgehead atoms. The van der Waals surface area contributed by atoms with Gasteiger partial charge < -0.3 is 4.74 Å². The molecule has 0 aliphatic rings. The Labute approximate surface area is 143 Å². The molecule has 1 N–H and O–H groups in total. The normalized spacial score (nSPS) is 10.8. The summed E-state index contributed by atoms with van der Waals surface area (Å²) in [6.45, 7) is 1.43. The Morgan fingerprint density at radius 2 is 1.84 bits per heavy atom. The highest BCUT2D eigenvalue weighted by Crippen LogP contribution is 2.30. The number of ether oxygens (including phenoxy) is 1. The van der Waals surface area contributed by atoms with Crippen molar-refractivity contribution in [3.05, 3.63) is 66.6 Å². The summed E-state index contributed by atoms with van der Waals surface area (Å²) in [7, 11) is 0. The number of hydrogen-bond donors (Lipinski definition) is 1. The first-order valence-corrected chi connectivity index (χ1v) is 7.75. The molecule has 4 aromatic rings. The number of rotatable bonds is 4. The Balaban J connectivity index is 1.66. The Bertz CT molecular complexity index is 1050. The van der Waals surface area contributed by atoms with E-state index < -0.39 is 0 Å². The van der Waals surface area contributed by atoms with E-state index >= 15 is 0 Å². The largest absolute Gasteiger partial charge is 0.436 e. The Morgan fingerprint density at radius 3 is 2.64 bits per heavy atom. The molecule has 0 saturated heterocycles. The van der Waals surface area contributed by atoms with Gasteiger partial charge in [0.15, 0.2) is 11.5 Å². The molecule has 4 rings (SSSR count). The molecule has 25 heavy (non-hydrogen) atoms. The molecule has 2 aromatic heterocycles. The van der Waals surface area contributed by atoms with E-state index in [1.807, 2.05) is 54.9 Å². The third-order valence-corrected chi connectivity index (χ3v) is 3.92. The number of carbonyl (C=O) groups is 1. The van der Waals surface area contributed by atoms with Crippen molar-refractivity contribution in [2.24, 2.45) is 0 Å². The fourth-order valence-electron chi connectivity index (χ4n) is 2.68. The van der Waals surface area contributed by atoms with Crippen LogP contribution in [0.3, 0.4) is 0 Å². The van der Waals surface area contributed by atoms with Crippen molar-refractivity contribution >= 4 is 16.6 Å². The van der Waals surface area contributed by atoms with Crippen LogP contribution in [0.2, 0.25) is 0 Å². The van der Waals surface area contributed by atoms with Gasteiger partial charge in [0.25, 0.3) is 5.88 Å². The number of pyridine rings is 1. The van der Waals surface area contributed by atoms with Gasteiger partial charge in [-0.1, -0.05) is 46.7 Å². The highest BCUT2D eigenvalue weighted by molar-refractivity contribution is 5.96. The second-order valence-corrected chi connectivity index (χ2v) is 5.58. The number of aromatic amines is 1. The molecule has 6 heteroatoms. The number of Topliss-reactive ketones (excluding diaryl/α,β-unsaturated/α-hetero) is 1. The van der Waals surface area contributed by atoms with Crippen LogP contribution in [0.25, 0.3) is 21.9 Å². The third-order valence-electron chi connectivity index (χ3n) is 3.92. The molecule has 2 aromatic carbocycles. The smallest absolute Gasteiger partial charge is 0.269 e. The average molecular weight is 330 g/mol. The molecule has 0 spiro atoms. The monoisotopic (exact) mass is 330 g/mol. The Hall–Kier alpha value is -3.54. The van der Waals surface area contributed by atoms with Gasteiger partial charge in [0.05, 0.1) is 0 Å². The number of ketones is 1. The minimum atomic E-state index is -0.182. The van der Waals surface area contributed by atoms with Gasteiger partial charge in [0.1, 0.15) is 5.75 Å². The van der Waals surface area contributed by atoms with Crippen LogP contribution in [0.1, 0.15) is 17.4 Å². The van der Waals surface area contributed by atoms with E-state index in [1.165, 1.54) is 6.92 Å². The van der Waals surface area contributed by atoms with Gasteiger partial charge in [0, 0.05) is 30.3 Å². The Kier molecular flexibility index (Phi) is 3.70. The zero-order chi connectivity index (χ0) is 17.2. The van der Waals surface area contributed by atoms with Crippen LogP contribution >= 0.6 is 0 Å². The summed E-state index contributed by atoms with van der Waals surface area (Å²) in [6.07, 6.45) is 3.70. The summed E-state index contributed by atoms with van der Waals surface area (Å²) in [5.41, 5.74) is 2.33. The van der Waals surface area contributed by atoms with Crippen LogP contribution in [0.5, 0.6) is 11.6 Å². The molecule has 0 aliphatic carbocycles. The number of hydrogen-bond acceptors (Lipinski definition) is 5. The molecule has 0 amide bonds. The SMILES string of the molecule is CC(=O)c1[nH]nnc1Oc1ccc(-c2cncc3ccccc23)cc1. The van der Waals surface area contributed by atoms with Crippen molar-refractivity contribution in [2.45, 2.75) is 6.92 Å². The van der Waals surface area contributed by atoms with Gasteiger partial charge >= 0.3 is 0 Å². The Morgan fingerprint density at radius 1 is 1.04 bits per heavy atom. The summed E-state index contributed by atoms with van der Waals surface area (Å²) in [5, 5.41) is 12.2. The van der Waals surface area contributed by atoms with Gasteiger partial charge in [0.2, 0.25) is 0 Å². The maximum absolute atomic E-state index is 11.5. The van der Waals surface area contributed by atoms with Crippen molar-refractivity contribution < 1.29 is 9.53 Å². The van der Waals surface area contributed by atoms with E-state index in [0.717, 1.165) is 21.9 Å². The fraction of sp³-hybridized carbons (Fsp3) is 0.0526. The molecule has 0 unspecified atom stereocenters. The average Bonchev–Trinajstić information content (AvgIpc) is 3.10. The zero-order valence-corrected chi connectivity index (χ0v) is 13.4. The number of benzene rings is 2. The lowest BCUT2D eigenvalue weighted by atomic mass is 10.0. The molecule has 0 saturated carbocycles. The van der Waals surface area contributed by atoms with E-state index in [-0.39, 0.29) is 17.4 Å².